The molecule has 1 aromatic rings. The SMILES string of the molecule is CC(=O)N(CCNC(=O)C1CCCO1)c1ccc(Br)cc1. The van der Waals surface area contributed by atoms with Crippen molar-refractivity contribution >= 4 is 33.4 Å². The van der Waals surface area contributed by atoms with E-state index >= 15 is 0 Å². The molecule has 1 aromatic carbocycles. The number of ether oxygens (including phenoxy) is 1. The van der Waals surface area contributed by atoms with Gasteiger partial charge in [0.25, 0.3) is 0 Å². The number of rotatable bonds is 5. The van der Waals surface area contributed by atoms with Crippen LogP contribution in [0.2, 0.25) is 0 Å². The highest BCUT2D eigenvalue weighted by Crippen LogP contribution is 2.18. The number of benzene rings is 1. The third-order valence-corrected chi connectivity index (χ3v) is 3.90. The number of nitrogens with zero attached hydrogens (tertiary/aromatic N) is 1. The van der Waals surface area contributed by atoms with E-state index in [4.69, 9.17) is 4.74 Å². The van der Waals surface area contributed by atoms with Gasteiger partial charge in [-0.2, -0.15) is 0 Å². The molecule has 5 nitrogen and oxygen atoms in total. The van der Waals surface area contributed by atoms with E-state index in [-0.39, 0.29) is 17.9 Å². The molecule has 0 aliphatic carbocycles. The van der Waals surface area contributed by atoms with E-state index in [1.54, 1.807) is 4.90 Å². The highest BCUT2D eigenvalue weighted by atomic mass is 79.9. The smallest absolute Gasteiger partial charge is 0.249 e. The molecule has 1 heterocycles. The van der Waals surface area contributed by atoms with Crippen LogP contribution in [0.1, 0.15) is 19.8 Å². The monoisotopic (exact) mass is 354 g/mol. The Labute approximate surface area is 132 Å². The molecule has 21 heavy (non-hydrogen) atoms. The molecule has 1 aliphatic heterocycles. The third-order valence-electron chi connectivity index (χ3n) is 3.38. The van der Waals surface area contributed by atoms with Crippen molar-refractivity contribution < 1.29 is 14.3 Å². The number of nitrogens with one attached hydrogen (secondary N) is 1. The van der Waals surface area contributed by atoms with Gasteiger partial charge in [-0.1, -0.05) is 15.9 Å². The van der Waals surface area contributed by atoms with Crippen LogP contribution in [0, 0.1) is 0 Å². The lowest BCUT2D eigenvalue weighted by Crippen LogP contribution is -2.41. The topological polar surface area (TPSA) is 58.6 Å². The van der Waals surface area contributed by atoms with Gasteiger partial charge in [0.15, 0.2) is 0 Å². The Morgan fingerprint density at radius 2 is 2.10 bits per heavy atom. The normalized spacial score (nSPS) is 17.5. The van der Waals surface area contributed by atoms with Gasteiger partial charge in [-0.15, -0.1) is 0 Å². The van der Waals surface area contributed by atoms with Crippen LogP contribution in [0.4, 0.5) is 5.69 Å². The zero-order valence-electron chi connectivity index (χ0n) is 12.0. The molecule has 114 valence electrons. The summed E-state index contributed by atoms with van der Waals surface area (Å²) in [5.74, 6) is -0.143. The van der Waals surface area contributed by atoms with Crippen LogP contribution < -0.4 is 10.2 Å². The first-order valence-corrected chi connectivity index (χ1v) is 7.80. The maximum Gasteiger partial charge on any atom is 0.249 e. The summed E-state index contributed by atoms with van der Waals surface area (Å²) < 4.78 is 6.28. The number of amides is 2. The number of anilines is 1. The fourth-order valence-corrected chi connectivity index (χ4v) is 2.54. The van der Waals surface area contributed by atoms with Crippen LogP contribution in [0.15, 0.2) is 28.7 Å². The Kier molecular flexibility index (Phi) is 5.76. The van der Waals surface area contributed by atoms with Crippen molar-refractivity contribution in [3.8, 4) is 0 Å². The van der Waals surface area contributed by atoms with Crippen molar-refractivity contribution in [3.63, 3.8) is 0 Å². The largest absolute Gasteiger partial charge is 0.368 e. The molecule has 6 heteroatoms. The van der Waals surface area contributed by atoms with Crippen LogP contribution in [0.25, 0.3) is 0 Å². The second-order valence-electron chi connectivity index (χ2n) is 4.94. The van der Waals surface area contributed by atoms with E-state index in [0.717, 1.165) is 23.0 Å². The van der Waals surface area contributed by atoms with Crippen molar-refractivity contribution in [1.82, 2.24) is 5.32 Å². The van der Waals surface area contributed by atoms with Crippen LogP contribution >= 0.6 is 15.9 Å². The van der Waals surface area contributed by atoms with Gasteiger partial charge in [0.1, 0.15) is 6.10 Å². The number of hydrogen-bond donors (Lipinski definition) is 1. The Hall–Kier alpha value is -1.40. The van der Waals surface area contributed by atoms with Crippen LogP contribution in [-0.2, 0) is 14.3 Å². The van der Waals surface area contributed by atoms with Gasteiger partial charge in [-0.3, -0.25) is 9.59 Å². The maximum atomic E-state index is 11.8. The molecule has 1 aliphatic rings. The van der Waals surface area contributed by atoms with Crippen molar-refractivity contribution in [1.29, 1.82) is 0 Å². The summed E-state index contributed by atoms with van der Waals surface area (Å²) in [5, 5.41) is 2.82. The number of halogens is 1. The van der Waals surface area contributed by atoms with Gasteiger partial charge in [-0.05, 0) is 37.1 Å². The van der Waals surface area contributed by atoms with Crippen LogP contribution in [0.3, 0.4) is 0 Å². The minimum absolute atomic E-state index is 0.0521. The molecule has 0 aromatic heterocycles. The molecule has 0 bridgehead atoms. The predicted molar refractivity (Wildman–Crippen MR) is 84.2 cm³/mol. The molecular formula is C15H19BrN2O3. The fraction of sp³-hybridized carbons (Fsp3) is 0.467. The summed E-state index contributed by atoms with van der Waals surface area (Å²) in [6, 6.07) is 7.51. The zero-order chi connectivity index (χ0) is 15.2. The standard InChI is InChI=1S/C15H19BrN2O3/c1-11(19)18(13-6-4-12(16)5-7-13)9-8-17-15(20)14-3-2-10-21-14/h4-7,14H,2-3,8-10H2,1H3,(H,17,20). The minimum Gasteiger partial charge on any atom is -0.368 e. The summed E-state index contributed by atoms with van der Waals surface area (Å²) in [6.07, 6.45) is 1.37. The zero-order valence-corrected chi connectivity index (χ0v) is 13.6. The van der Waals surface area contributed by atoms with Crippen molar-refractivity contribution in [2.45, 2.75) is 25.9 Å². The summed E-state index contributed by atoms with van der Waals surface area (Å²) in [4.78, 5) is 25.2. The van der Waals surface area contributed by atoms with Gasteiger partial charge in [0, 0.05) is 36.8 Å². The lowest BCUT2D eigenvalue weighted by molar-refractivity contribution is -0.130. The van der Waals surface area contributed by atoms with E-state index < -0.39 is 0 Å². The molecule has 1 N–H and O–H groups in total. The second-order valence-corrected chi connectivity index (χ2v) is 5.86. The lowest BCUT2D eigenvalue weighted by atomic mass is 10.2. The van der Waals surface area contributed by atoms with Crippen molar-refractivity contribution in [2.75, 3.05) is 24.6 Å². The van der Waals surface area contributed by atoms with E-state index in [1.165, 1.54) is 6.92 Å². The van der Waals surface area contributed by atoms with Gasteiger partial charge in [-0.25, -0.2) is 0 Å². The minimum atomic E-state index is -0.330. The number of carbonyl (C=O) groups excluding carboxylic acids is 2. The van der Waals surface area contributed by atoms with Gasteiger partial charge in [0.2, 0.25) is 11.8 Å². The van der Waals surface area contributed by atoms with Crippen LogP contribution in [-0.4, -0.2) is 37.6 Å². The first kappa shape index (κ1) is 16.0. The molecule has 2 rings (SSSR count). The van der Waals surface area contributed by atoms with E-state index in [1.807, 2.05) is 24.3 Å². The molecule has 1 atom stereocenters. The third kappa shape index (κ3) is 4.54. The molecule has 0 saturated carbocycles. The summed E-state index contributed by atoms with van der Waals surface area (Å²) >= 11 is 3.37. The lowest BCUT2D eigenvalue weighted by Gasteiger charge is -2.22. The Bertz CT molecular complexity index is 498. The Morgan fingerprint density at radius 1 is 1.38 bits per heavy atom. The fourth-order valence-electron chi connectivity index (χ4n) is 2.28. The molecule has 1 fully saturated rings. The average Bonchev–Trinajstić information content (AvgIpc) is 2.98. The second kappa shape index (κ2) is 7.56. The molecule has 1 saturated heterocycles. The molecule has 0 radical (unpaired) electrons. The van der Waals surface area contributed by atoms with Crippen molar-refractivity contribution in [3.05, 3.63) is 28.7 Å². The maximum absolute atomic E-state index is 11.8. The van der Waals surface area contributed by atoms with E-state index in [0.29, 0.717) is 19.7 Å². The summed E-state index contributed by atoms with van der Waals surface area (Å²) in [6.45, 7) is 3.02. The van der Waals surface area contributed by atoms with Crippen molar-refractivity contribution in [2.24, 2.45) is 0 Å². The first-order chi connectivity index (χ1) is 10.1. The van der Waals surface area contributed by atoms with Crippen LogP contribution in [0.5, 0.6) is 0 Å². The molecule has 2 amide bonds. The predicted octanol–water partition coefficient (Wildman–Crippen LogP) is 2.10. The molecule has 0 spiro atoms. The Balaban J connectivity index is 1.87. The quantitative estimate of drug-likeness (QED) is 0.880. The average molecular weight is 355 g/mol. The summed E-state index contributed by atoms with van der Waals surface area (Å²) in [7, 11) is 0. The highest BCUT2D eigenvalue weighted by molar-refractivity contribution is 9.10. The van der Waals surface area contributed by atoms with Gasteiger partial charge < -0.3 is 15.0 Å². The first-order valence-electron chi connectivity index (χ1n) is 7.01. The molecule has 1 unspecified atom stereocenters. The van der Waals surface area contributed by atoms with E-state index in [9.17, 15) is 9.59 Å². The summed E-state index contributed by atoms with van der Waals surface area (Å²) in [5.41, 5.74) is 0.817. The number of carbonyl (C=O) groups is 2. The Morgan fingerprint density at radius 3 is 2.67 bits per heavy atom. The van der Waals surface area contributed by atoms with Gasteiger partial charge in [0.05, 0.1) is 0 Å². The highest BCUT2D eigenvalue weighted by Gasteiger charge is 2.23. The number of hydrogen-bond acceptors (Lipinski definition) is 3. The molecular weight excluding hydrogens is 336 g/mol. The van der Waals surface area contributed by atoms with Gasteiger partial charge >= 0.3 is 0 Å². The van der Waals surface area contributed by atoms with E-state index in [2.05, 4.69) is 21.2 Å².